The molecule has 1 saturated heterocycles. The molecule has 29 heavy (non-hydrogen) atoms. The Kier molecular flexibility index (Phi) is 5.65. The van der Waals surface area contributed by atoms with Gasteiger partial charge in [-0.1, -0.05) is 23.7 Å². The number of likely N-dealkylation sites (tertiary alicyclic amines) is 1. The van der Waals surface area contributed by atoms with Crippen LogP contribution in [0.15, 0.2) is 48.7 Å². The van der Waals surface area contributed by atoms with Gasteiger partial charge in [0.2, 0.25) is 0 Å². The number of hydrogen-bond donors (Lipinski definition) is 2. The van der Waals surface area contributed by atoms with E-state index in [9.17, 15) is 14.3 Å². The van der Waals surface area contributed by atoms with Crippen molar-refractivity contribution in [1.29, 1.82) is 0 Å². The van der Waals surface area contributed by atoms with Gasteiger partial charge in [0.25, 0.3) is 5.91 Å². The lowest BCUT2D eigenvalue weighted by Gasteiger charge is -2.32. The third-order valence-corrected chi connectivity index (χ3v) is 5.64. The van der Waals surface area contributed by atoms with Crippen LogP contribution in [0.5, 0.6) is 5.75 Å². The first kappa shape index (κ1) is 19.6. The second kappa shape index (κ2) is 8.35. The molecule has 150 valence electrons. The molecule has 1 aliphatic rings. The lowest BCUT2D eigenvalue weighted by atomic mass is 10.0. The van der Waals surface area contributed by atoms with Gasteiger partial charge in [-0.25, -0.2) is 4.39 Å². The summed E-state index contributed by atoms with van der Waals surface area (Å²) in [6.07, 6.45) is 3.13. The van der Waals surface area contributed by atoms with Crippen LogP contribution >= 0.6 is 11.6 Å². The predicted molar refractivity (Wildman–Crippen MR) is 111 cm³/mol. The standard InChI is InChI=1S/C22H21ClFN3O2/c23-18-12-14(21(28)20-16(18)5-3-9-25-20)13-27-10-7-15(8-11-27)26-22(29)17-4-1-2-6-19(17)24/h1-6,9,12,15,28H,7-8,10-11,13H2,(H,26,29). The summed E-state index contributed by atoms with van der Waals surface area (Å²) in [6.45, 7) is 2.05. The first-order chi connectivity index (χ1) is 14.0. The summed E-state index contributed by atoms with van der Waals surface area (Å²) in [5.74, 6) is -0.744. The van der Waals surface area contributed by atoms with Crippen molar-refractivity contribution in [2.45, 2.75) is 25.4 Å². The Morgan fingerprint density at radius 1 is 1.24 bits per heavy atom. The van der Waals surface area contributed by atoms with E-state index in [1.165, 1.54) is 12.1 Å². The van der Waals surface area contributed by atoms with Gasteiger partial charge in [-0.15, -0.1) is 0 Å². The van der Waals surface area contributed by atoms with Gasteiger partial charge in [-0.2, -0.15) is 0 Å². The van der Waals surface area contributed by atoms with Gasteiger partial charge in [0.05, 0.1) is 10.6 Å². The normalized spacial score (nSPS) is 15.5. The number of fused-ring (bicyclic) bond motifs is 1. The molecule has 5 nitrogen and oxygen atoms in total. The summed E-state index contributed by atoms with van der Waals surface area (Å²) >= 11 is 6.36. The highest BCUT2D eigenvalue weighted by Gasteiger charge is 2.23. The highest BCUT2D eigenvalue weighted by molar-refractivity contribution is 6.35. The molecule has 2 aromatic carbocycles. The molecule has 0 aliphatic carbocycles. The van der Waals surface area contributed by atoms with E-state index >= 15 is 0 Å². The van der Waals surface area contributed by atoms with Gasteiger partial charge in [-0.3, -0.25) is 14.7 Å². The number of phenols is 1. The van der Waals surface area contributed by atoms with Crippen LogP contribution in [0.25, 0.3) is 10.9 Å². The van der Waals surface area contributed by atoms with Crippen molar-refractivity contribution in [1.82, 2.24) is 15.2 Å². The minimum absolute atomic E-state index is 0.00573. The van der Waals surface area contributed by atoms with E-state index in [1.807, 2.05) is 6.07 Å². The minimum atomic E-state index is -0.514. The number of amides is 1. The molecule has 1 amide bonds. The Morgan fingerprint density at radius 2 is 2.00 bits per heavy atom. The second-order valence-corrected chi connectivity index (χ2v) is 7.68. The number of hydrogen-bond acceptors (Lipinski definition) is 4. The fourth-order valence-electron chi connectivity index (χ4n) is 3.74. The zero-order chi connectivity index (χ0) is 20.4. The van der Waals surface area contributed by atoms with Crippen LogP contribution in [-0.2, 0) is 6.54 Å². The average Bonchev–Trinajstić information content (AvgIpc) is 2.73. The summed E-state index contributed by atoms with van der Waals surface area (Å²) < 4.78 is 13.8. The SMILES string of the molecule is O=C(NC1CCN(Cc2cc(Cl)c3cccnc3c2O)CC1)c1ccccc1F. The number of carbonyl (C=O) groups is 1. The van der Waals surface area contributed by atoms with Gasteiger partial charge in [0, 0.05) is 42.8 Å². The number of phenolic OH excluding ortho intramolecular Hbond substituents is 1. The van der Waals surface area contributed by atoms with Crippen LogP contribution in [0.1, 0.15) is 28.8 Å². The lowest BCUT2D eigenvalue weighted by Crippen LogP contribution is -2.44. The number of piperidine rings is 1. The average molecular weight is 414 g/mol. The van der Waals surface area contributed by atoms with E-state index < -0.39 is 5.82 Å². The van der Waals surface area contributed by atoms with Crippen LogP contribution in [0.3, 0.4) is 0 Å². The third kappa shape index (κ3) is 4.18. The third-order valence-electron chi connectivity index (χ3n) is 5.33. The number of halogens is 2. The van der Waals surface area contributed by atoms with Crippen molar-refractivity contribution in [3.63, 3.8) is 0 Å². The Labute approximate surface area is 173 Å². The van der Waals surface area contributed by atoms with E-state index in [-0.39, 0.29) is 23.3 Å². The Bertz CT molecular complexity index is 1050. The molecule has 0 atom stereocenters. The van der Waals surface area contributed by atoms with E-state index in [0.29, 0.717) is 17.1 Å². The van der Waals surface area contributed by atoms with Crippen LogP contribution in [0.4, 0.5) is 4.39 Å². The van der Waals surface area contributed by atoms with Crippen molar-refractivity contribution >= 4 is 28.4 Å². The number of nitrogens with one attached hydrogen (secondary N) is 1. The molecule has 4 rings (SSSR count). The monoisotopic (exact) mass is 413 g/mol. The first-order valence-corrected chi connectivity index (χ1v) is 9.93. The van der Waals surface area contributed by atoms with Crippen molar-refractivity contribution < 1.29 is 14.3 Å². The molecule has 0 spiro atoms. The number of carbonyl (C=O) groups excluding carboxylic acids is 1. The number of aromatic nitrogens is 1. The van der Waals surface area contributed by atoms with Gasteiger partial charge < -0.3 is 10.4 Å². The summed E-state index contributed by atoms with van der Waals surface area (Å²) in [6, 6.07) is 11.4. The van der Waals surface area contributed by atoms with Crippen molar-refractivity contribution in [3.8, 4) is 5.75 Å². The highest BCUT2D eigenvalue weighted by atomic mass is 35.5. The van der Waals surface area contributed by atoms with Crippen molar-refractivity contribution in [2.75, 3.05) is 13.1 Å². The number of benzene rings is 2. The van der Waals surface area contributed by atoms with Gasteiger partial charge in [0.1, 0.15) is 17.1 Å². The largest absolute Gasteiger partial charge is 0.505 e. The first-order valence-electron chi connectivity index (χ1n) is 9.55. The van der Waals surface area contributed by atoms with E-state index in [2.05, 4.69) is 15.2 Å². The molecule has 7 heteroatoms. The topological polar surface area (TPSA) is 65.5 Å². The number of rotatable bonds is 4. The molecule has 1 fully saturated rings. The molecular weight excluding hydrogens is 393 g/mol. The van der Waals surface area contributed by atoms with Crippen molar-refractivity contribution in [2.24, 2.45) is 0 Å². The minimum Gasteiger partial charge on any atom is -0.505 e. The molecule has 2 N–H and O–H groups in total. The summed E-state index contributed by atoms with van der Waals surface area (Å²) in [4.78, 5) is 18.7. The smallest absolute Gasteiger partial charge is 0.254 e. The van der Waals surface area contributed by atoms with E-state index in [1.54, 1.807) is 30.5 Å². The maximum atomic E-state index is 13.8. The molecule has 2 heterocycles. The second-order valence-electron chi connectivity index (χ2n) is 7.27. The summed E-state index contributed by atoms with van der Waals surface area (Å²) in [5.41, 5.74) is 1.30. The van der Waals surface area contributed by atoms with Crippen LogP contribution < -0.4 is 5.32 Å². The Morgan fingerprint density at radius 3 is 2.76 bits per heavy atom. The predicted octanol–water partition coefficient (Wildman–Crippen LogP) is 4.13. The summed E-state index contributed by atoms with van der Waals surface area (Å²) in [7, 11) is 0. The summed E-state index contributed by atoms with van der Waals surface area (Å²) in [5, 5.41) is 14.8. The zero-order valence-electron chi connectivity index (χ0n) is 15.7. The fourth-order valence-corrected chi connectivity index (χ4v) is 4.03. The molecule has 0 unspecified atom stereocenters. The van der Waals surface area contributed by atoms with Crippen LogP contribution in [0.2, 0.25) is 5.02 Å². The van der Waals surface area contributed by atoms with E-state index in [0.717, 1.165) is 36.9 Å². The maximum absolute atomic E-state index is 13.8. The number of pyridine rings is 1. The molecule has 3 aromatic rings. The van der Waals surface area contributed by atoms with Gasteiger partial charge in [0.15, 0.2) is 0 Å². The quantitative estimate of drug-likeness (QED) is 0.675. The molecule has 1 aliphatic heterocycles. The Balaban J connectivity index is 1.38. The Hall–Kier alpha value is -2.70. The number of nitrogens with zero attached hydrogens (tertiary/aromatic N) is 2. The van der Waals surface area contributed by atoms with E-state index in [4.69, 9.17) is 11.6 Å². The van der Waals surface area contributed by atoms with Gasteiger partial charge in [-0.05, 0) is 43.2 Å². The fraction of sp³-hybridized carbons (Fsp3) is 0.273. The zero-order valence-corrected chi connectivity index (χ0v) is 16.5. The van der Waals surface area contributed by atoms with Crippen LogP contribution in [0, 0.1) is 5.82 Å². The number of aromatic hydroxyl groups is 1. The molecular formula is C22H21ClFN3O2. The molecule has 0 radical (unpaired) electrons. The van der Waals surface area contributed by atoms with Crippen LogP contribution in [-0.4, -0.2) is 40.0 Å². The molecule has 0 saturated carbocycles. The van der Waals surface area contributed by atoms with Gasteiger partial charge >= 0.3 is 0 Å². The maximum Gasteiger partial charge on any atom is 0.254 e. The highest BCUT2D eigenvalue weighted by Crippen LogP contribution is 2.33. The lowest BCUT2D eigenvalue weighted by molar-refractivity contribution is 0.0905. The van der Waals surface area contributed by atoms with Crippen molar-refractivity contribution in [3.05, 3.63) is 70.6 Å². The molecule has 1 aromatic heterocycles. The molecule has 0 bridgehead atoms.